The lowest BCUT2D eigenvalue weighted by Gasteiger charge is -2.25. The lowest BCUT2D eigenvalue weighted by atomic mass is 9.89. The monoisotopic (exact) mass is 341 g/mol. The van der Waals surface area contributed by atoms with E-state index in [0.29, 0.717) is 18.5 Å². The molecule has 1 aromatic carbocycles. The second kappa shape index (κ2) is 7.17. The summed E-state index contributed by atoms with van der Waals surface area (Å²) >= 11 is 0. The average Bonchev–Trinajstić information content (AvgIpc) is 3.17. The third kappa shape index (κ3) is 3.08. The van der Waals surface area contributed by atoms with E-state index in [9.17, 15) is 14.4 Å². The first-order valence-corrected chi connectivity index (χ1v) is 8.91. The van der Waals surface area contributed by atoms with Crippen molar-refractivity contribution in [2.75, 3.05) is 4.90 Å². The first kappa shape index (κ1) is 17.3. The minimum Gasteiger partial charge on any atom is -0.345 e. The number of unbranched alkanes of at least 4 members (excludes halogenated alkanes) is 2. The fourth-order valence-corrected chi connectivity index (χ4v) is 3.59. The van der Waals surface area contributed by atoms with Crippen LogP contribution in [0.4, 0.5) is 5.69 Å². The number of fused-ring (bicyclic) bond motifs is 1. The molecule has 1 fully saturated rings. The molecule has 25 heavy (non-hydrogen) atoms. The van der Waals surface area contributed by atoms with Crippen LogP contribution in [0.25, 0.3) is 11.0 Å². The number of aromatic amines is 1. The molecule has 0 spiro atoms. The van der Waals surface area contributed by atoms with Gasteiger partial charge < -0.3 is 9.88 Å². The number of carbonyl (C=O) groups excluding carboxylic acids is 3. The predicted molar refractivity (Wildman–Crippen MR) is 95.3 cm³/mol. The number of H-pyrrole nitrogens is 1. The number of hydrogen-bond acceptors (Lipinski definition) is 4. The number of amides is 1. The van der Waals surface area contributed by atoms with Gasteiger partial charge in [0.1, 0.15) is 11.7 Å². The number of imidazole rings is 1. The third-order valence-electron chi connectivity index (χ3n) is 4.90. The summed E-state index contributed by atoms with van der Waals surface area (Å²) in [6.07, 6.45) is 5.24. The van der Waals surface area contributed by atoms with Gasteiger partial charge in [0.05, 0.1) is 23.4 Å². The number of rotatable bonds is 7. The van der Waals surface area contributed by atoms with Crippen LogP contribution >= 0.6 is 0 Å². The molecule has 3 rings (SSSR count). The van der Waals surface area contributed by atoms with E-state index < -0.39 is 23.7 Å². The van der Waals surface area contributed by atoms with Crippen LogP contribution in [0.3, 0.4) is 0 Å². The molecule has 1 amide bonds. The molecule has 0 saturated carbocycles. The number of hydrogen-bond donors (Lipinski definition) is 1. The van der Waals surface area contributed by atoms with E-state index in [1.807, 2.05) is 13.0 Å². The molecule has 2 unspecified atom stereocenters. The summed E-state index contributed by atoms with van der Waals surface area (Å²) in [5, 5.41) is 0. The third-order valence-corrected chi connectivity index (χ3v) is 4.90. The Balaban J connectivity index is 1.90. The highest BCUT2D eigenvalue weighted by Crippen LogP contribution is 2.33. The number of carbonyl (C=O) groups is 3. The molecule has 2 aromatic rings. The molecule has 1 N–H and O–H groups in total. The number of aromatic nitrogens is 2. The Kier molecular flexibility index (Phi) is 4.97. The number of nitrogens with one attached hydrogen (secondary N) is 1. The van der Waals surface area contributed by atoms with Crippen molar-refractivity contribution in [3.8, 4) is 0 Å². The SMILES string of the molecule is CCCCCC(=O)C1C(=O)C(=O)N(c2ccc3nc[nH]c3c2)C1CC. The minimum atomic E-state index is -0.841. The predicted octanol–water partition coefficient (Wildman–Crippen LogP) is 3.02. The minimum absolute atomic E-state index is 0.108. The fraction of sp³-hybridized carbons (Fsp3) is 0.474. The van der Waals surface area contributed by atoms with Gasteiger partial charge in [0.25, 0.3) is 5.91 Å². The Morgan fingerprint density at radius 2 is 2.04 bits per heavy atom. The molecule has 6 nitrogen and oxygen atoms in total. The van der Waals surface area contributed by atoms with Crippen molar-refractivity contribution < 1.29 is 14.4 Å². The van der Waals surface area contributed by atoms with Crippen molar-refractivity contribution in [2.45, 2.75) is 52.0 Å². The molecule has 1 aliphatic rings. The van der Waals surface area contributed by atoms with Gasteiger partial charge in [-0.1, -0.05) is 26.7 Å². The van der Waals surface area contributed by atoms with E-state index in [1.165, 1.54) is 4.90 Å². The van der Waals surface area contributed by atoms with Crippen LogP contribution in [0.5, 0.6) is 0 Å². The Labute approximate surface area is 146 Å². The van der Waals surface area contributed by atoms with Gasteiger partial charge in [-0.15, -0.1) is 0 Å². The number of anilines is 1. The van der Waals surface area contributed by atoms with Crippen molar-refractivity contribution in [2.24, 2.45) is 5.92 Å². The molecular formula is C19H23N3O3. The molecule has 132 valence electrons. The standard InChI is InChI=1S/C19H23N3O3/c1-3-5-6-7-16(23)17-15(4-2)22(19(25)18(17)24)12-8-9-13-14(10-12)21-11-20-13/h8-11,15,17H,3-7H2,1-2H3,(H,20,21). The summed E-state index contributed by atoms with van der Waals surface area (Å²) < 4.78 is 0. The smallest absolute Gasteiger partial charge is 0.295 e. The van der Waals surface area contributed by atoms with E-state index in [2.05, 4.69) is 16.9 Å². The Morgan fingerprint density at radius 1 is 1.24 bits per heavy atom. The number of Topliss-reactive ketones (excluding diaryl/α,β-unsaturated/α-hetero) is 2. The molecule has 0 bridgehead atoms. The van der Waals surface area contributed by atoms with Gasteiger partial charge >= 0.3 is 0 Å². The second-order valence-electron chi connectivity index (χ2n) is 6.52. The number of ketones is 2. The van der Waals surface area contributed by atoms with Crippen LogP contribution in [-0.4, -0.2) is 33.5 Å². The summed E-state index contributed by atoms with van der Waals surface area (Å²) in [7, 11) is 0. The van der Waals surface area contributed by atoms with E-state index in [-0.39, 0.29) is 5.78 Å². The summed E-state index contributed by atoms with van der Waals surface area (Å²) in [5.74, 6) is -2.10. The zero-order chi connectivity index (χ0) is 18.0. The average molecular weight is 341 g/mol. The highest BCUT2D eigenvalue weighted by Gasteiger charge is 2.50. The van der Waals surface area contributed by atoms with E-state index in [0.717, 1.165) is 30.3 Å². The van der Waals surface area contributed by atoms with Crippen molar-refractivity contribution in [3.63, 3.8) is 0 Å². The zero-order valence-corrected chi connectivity index (χ0v) is 14.6. The van der Waals surface area contributed by atoms with Crippen molar-refractivity contribution in [1.82, 2.24) is 9.97 Å². The van der Waals surface area contributed by atoms with Gasteiger partial charge in [-0.3, -0.25) is 14.4 Å². The molecule has 6 heteroatoms. The summed E-state index contributed by atoms with van der Waals surface area (Å²) in [6, 6.07) is 4.98. The first-order valence-electron chi connectivity index (χ1n) is 8.91. The van der Waals surface area contributed by atoms with Gasteiger partial charge in [0.2, 0.25) is 5.78 Å². The van der Waals surface area contributed by atoms with E-state index in [4.69, 9.17) is 0 Å². The Morgan fingerprint density at radius 3 is 2.76 bits per heavy atom. The summed E-state index contributed by atoms with van der Waals surface area (Å²) in [6.45, 7) is 3.97. The van der Waals surface area contributed by atoms with Crippen LogP contribution in [0.15, 0.2) is 24.5 Å². The van der Waals surface area contributed by atoms with Crippen LogP contribution in [0.1, 0.15) is 46.0 Å². The molecule has 2 heterocycles. The second-order valence-corrected chi connectivity index (χ2v) is 6.52. The Hall–Kier alpha value is -2.50. The molecule has 1 saturated heterocycles. The first-order chi connectivity index (χ1) is 12.1. The van der Waals surface area contributed by atoms with Gasteiger partial charge in [-0.25, -0.2) is 4.98 Å². The topological polar surface area (TPSA) is 83.1 Å². The highest BCUT2D eigenvalue weighted by atomic mass is 16.2. The highest BCUT2D eigenvalue weighted by molar-refractivity contribution is 6.48. The van der Waals surface area contributed by atoms with Gasteiger partial charge in [0, 0.05) is 12.1 Å². The fourth-order valence-electron chi connectivity index (χ4n) is 3.59. The number of nitrogens with zero attached hydrogens (tertiary/aromatic N) is 2. The zero-order valence-electron chi connectivity index (χ0n) is 14.6. The van der Waals surface area contributed by atoms with Crippen LogP contribution in [0.2, 0.25) is 0 Å². The normalized spacial score (nSPS) is 20.6. The van der Waals surface area contributed by atoms with Crippen LogP contribution < -0.4 is 4.90 Å². The molecule has 0 radical (unpaired) electrons. The maximum Gasteiger partial charge on any atom is 0.295 e. The quantitative estimate of drug-likeness (QED) is 0.477. The van der Waals surface area contributed by atoms with E-state index in [1.54, 1.807) is 18.5 Å². The molecule has 1 aliphatic heterocycles. The molecular weight excluding hydrogens is 318 g/mol. The van der Waals surface area contributed by atoms with E-state index >= 15 is 0 Å². The molecule has 2 atom stereocenters. The van der Waals surface area contributed by atoms with Crippen molar-refractivity contribution >= 4 is 34.2 Å². The largest absolute Gasteiger partial charge is 0.345 e. The number of benzene rings is 1. The maximum atomic E-state index is 12.6. The van der Waals surface area contributed by atoms with Crippen LogP contribution in [0, 0.1) is 5.92 Å². The summed E-state index contributed by atoms with van der Waals surface area (Å²) in [5.41, 5.74) is 2.22. The summed E-state index contributed by atoms with van der Waals surface area (Å²) in [4.78, 5) is 46.3. The maximum absolute atomic E-state index is 12.6. The molecule has 1 aromatic heterocycles. The van der Waals surface area contributed by atoms with Gasteiger partial charge in [-0.2, -0.15) is 0 Å². The molecule has 0 aliphatic carbocycles. The van der Waals surface area contributed by atoms with Crippen molar-refractivity contribution in [3.05, 3.63) is 24.5 Å². The van der Waals surface area contributed by atoms with Crippen molar-refractivity contribution in [1.29, 1.82) is 0 Å². The van der Waals surface area contributed by atoms with Gasteiger partial charge in [0.15, 0.2) is 0 Å². The van der Waals surface area contributed by atoms with Crippen LogP contribution in [-0.2, 0) is 14.4 Å². The van der Waals surface area contributed by atoms with Gasteiger partial charge in [-0.05, 0) is 31.0 Å². The lowest BCUT2D eigenvalue weighted by molar-refractivity contribution is -0.139. The Bertz CT molecular complexity index is 811. The lowest BCUT2D eigenvalue weighted by Crippen LogP contribution is -2.37.